The van der Waals surface area contributed by atoms with Crippen LogP contribution < -0.4 is 10.5 Å². The Balaban J connectivity index is 1.90. The second-order valence-corrected chi connectivity index (χ2v) is 4.60. The molecule has 0 amide bonds. The van der Waals surface area contributed by atoms with Crippen LogP contribution in [0.4, 0.5) is 13.2 Å². The van der Waals surface area contributed by atoms with Gasteiger partial charge in [-0.3, -0.25) is 0 Å². The van der Waals surface area contributed by atoms with Crippen molar-refractivity contribution in [3.8, 4) is 17.2 Å². The minimum atomic E-state index is -4.71. The fourth-order valence-corrected chi connectivity index (χ4v) is 2.02. The standard InChI is InChI=1S/C15H11F3N2O2/c16-15(17,18)22-11-4-2-10(3-5-11)14-20-12-7-9(8-19)1-6-13(12)21-14/h1-7H,8,19H2. The van der Waals surface area contributed by atoms with Crippen molar-refractivity contribution in [2.24, 2.45) is 5.73 Å². The second kappa shape index (κ2) is 5.34. The van der Waals surface area contributed by atoms with E-state index in [4.69, 9.17) is 10.2 Å². The van der Waals surface area contributed by atoms with Crippen molar-refractivity contribution in [3.63, 3.8) is 0 Å². The molecule has 0 radical (unpaired) electrons. The zero-order chi connectivity index (χ0) is 15.7. The summed E-state index contributed by atoms with van der Waals surface area (Å²) >= 11 is 0. The van der Waals surface area contributed by atoms with Crippen LogP contribution in [-0.2, 0) is 6.54 Å². The number of oxazole rings is 1. The number of hydrogen-bond acceptors (Lipinski definition) is 4. The van der Waals surface area contributed by atoms with Gasteiger partial charge in [-0.15, -0.1) is 13.2 Å². The summed E-state index contributed by atoms with van der Waals surface area (Å²) in [6, 6.07) is 10.7. The first-order chi connectivity index (χ1) is 10.4. The molecule has 0 aliphatic carbocycles. The number of aromatic nitrogens is 1. The number of ether oxygens (including phenoxy) is 1. The maximum Gasteiger partial charge on any atom is 0.573 e. The highest BCUT2D eigenvalue weighted by atomic mass is 19.4. The van der Waals surface area contributed by atoms with E-state index in [-0.39, 0.29) is 5.75 Å². The number of fused-ring (bicyclic) bond motifs is 1. The van der Waals surface area contributed by atoms with Gasteiger partial charge in [-0.25, -0.2) is 4.98 Å². The Morgan fingerprint density at radius 2 is 1.82 bits per heavy atom. The molecule has 1 heterocycles. The molecule has 4 nitrogen and oxygen atoms in total. The largest absolute Gasteiger partial charge is 0.573 e. The smallest absolute Gasteiger partial charge is 0.436 e. The molecule has 7 heteroatoms. The summed E-state index contributed by atoms with van der Waals surface area (Å²) in [6.07, 6.45) is -4.71. The molecule has 0 aliphatic rings. The molecule has 2 N–H and O–H groups in total. The van der Waals surface area contributed by atoms with Crippen LogP contribution in [0.15, 0.2) is 46.9 Å². The summed E-state index contributed by atoms with van der Waals surface area (Å²) in [5, 5.41) is 0. The fourth-order valence-electron chi connectivity index (χ4n) is 2.02. The minimum Gasteiger partial charge on any atom is -0.436 e. The van der Waals surface area contributed by atoms with E-state index >= 15 is 0 Å². The number of nitrogens with two attached hydrogens (primary N) is 1. The zero-order valence-corrected chi connectivity index (χ0v) is 11.2. The first-order valence-electron chi connectivity index (χ1n) is 6.40. The molecule has 3 rings (SSSR count). The normalized spacial score (nSPS) is 11.8. The number of nitrogens with zero attached hydrogens (tertiary/aromatic N) is 1. The van der Waals surface area contributed by atoms with E-state index in [9.17, 15) is 13.2 Å². The van der Waals surface area contributed by atoms with Crippen molar-refractivity contribution in [2.75, 3.05) is 0 Å². The first kappa shape index (κ1) is 14.4. The molecule has 0 unspecified atom stereocenters. The average molecular weight is 308 g/mol. The number of alkyl halides is 3. The summed E-state index contributed by atoms with van der Waals surface area (Å²) in [4.78, 5) is 4.31. The Hall–Kier alpha value is -2.54. The van der Waals surface area contributed by atoms with Gasteiger partial charge in [-0.2, -0.15) is 0 Å². The molecule has 22 heavy (non-hydrogen) atoms. The molecule has 1 aromatic heterocycles. The van der Waals surface area contributed by atoms with Crippen LogP contribution in [0.25, 0.3) is 22.6 Å². The topological polar surface area (TPSA) is 61.3 Å². The number of hydrogen-bond donors (Lipinski definition) is 1. The van der Waals surface area contributed by atoms with Crippen molar-refractivity contribution in [1.82, 2.24) is 4.98 Å². The maximum atomic E-state index is 12.1. The van der Waals surface area contributed by atoms with Gasteiger partial charge >= 0.3 is 6.36 Å². The first-order valence-corrected chi connectivity index (χ1v) is 6.40. The van der Waals surface area contributed by atoms with Gasteiger partial charge in [0.15, 0.2) is 5.58 Å². The molecule has 3 aromatic rings. The van der Waals surface area contributed by atoms with E-state index in [0.29, 0.717) is 29.1 Å². The molecule has 0 fully saturated rings. The molecule has 2 aromatic carbocycles. The van der Waals surface area contributed by atoms with Crippen LogP contribution in [0.3, 0.4) is 0 Å². The molecule has 114 valence electrons. The number of benzene rings is 2. The van der Waals surface area contributed by atoms with Crippen molar-refractivity contribution < 1.29 is 22.3 Å². The van der Waals surface area contributed by atoms with Crippen LogP contribution in [0.2, 0.25) is 0 Å². The molecule has 0 atom stereocenters. The number of rotatable bonds is 3. The van der Waals surface area contributed by atoms with Gasteiger partial charge in [0.05, 0.1) is 0 Å². The Labute approximate surface area is 123 Å². The highest BCUT2D eigenvalue weighted by Crippen LogP contribution is 2.28. The van der Waals surface area contributed by atoms with Crippen molar-refractivity contribution in [3.05, 3.63) is 48.0 Å². The van der Waals surface area contributed by atoms with Crippen LogP contribution in [-0.4, -0.2) is 11.3 Å². The van der Waals surface area contributed by atoms with Crippen molar-refractivity contribution in [1.29, 1.82) is 0 Å². The highest BCUT2D eigenvalue weighted by molar-refractivity contribution is 5.77. The van der Waals surface area contributed by atoms with Gasteiger partial charge in [0.25, 0.3) is 0 Å². The van der Waals surface area contributed by atoms with Gasteiger partial charge in [-0.05, 0) is 42.0 Å². The third-order valence-corrected chi connectivity index (χ3v) is 3.02. The van der Waals surface area contributed by atoms with E-state index in [1.165, 1.54) is 24.3 Å². The summed E-state index contributed by atoms with van der Waals surface area (Å²) in [7, 11) is 0. The summed E-state index contributed by atoms with van der Waals surface area (Å²) < 4.78 is 45.7. The predicted octanol–water partition coefficient (Wildman–Crippen LogP) is 3.85. The van der Waals surface area contributed by atoms with Gasteiger partial charge in [0.2, 0.25) is 5.89 Å². The predicted molar refractivity (Wildman–Crippen MR) is 74.0 cm³/mol. The van der Waals surface area contributed by atoms with E-state index in [1.54, 1.807) is 6.07 Å². The Bertz CT molecular complexity index is 795. The third kappa shape index (κ3) is 3.04. The fraction of sp³-hybridized carbons (Fsp3) is 0.133. The third-order valence-electron chi connectivity index (χ3n) is 3.02. The Kier molecular flexibility index (Phi) is 3.50. The van der Waals surface area contributed by atoms with Crippen molar-refractivity contribution >= 4 is 11.1 Å². The van der Waals surface area contributed by atoms with Gasteiger partial charge < -0.3 is 14.9 Å². The summed E-state index contributed by atoms with van der Waals surface area (Å²) in [5.41, 5.74) is 8.27. The molecular formula is C15H11F3N2O2. The van der Waals surface area contributed by atoms with E-state index in [0.717, 1.165) is 5.56 Å². The quantitative estimate of drug-likeness (QED) is 0.798. The molecule has 0 saturated heterocycles. The molecule has 0 spiro atoms. The average Bonchev–Trinajstić information content (AvgIpc) is 2.89. The van der Waals surface area contributed by atoms with E-state index < -0.39 is 6.36 Å². The van der Waals surface area contributed by atoms with Crippen LogP contribution in [0, 0.1) is 0 Å². The summed E-state index contributed by atoms with van der Waals surface area (Å²) in [5.74, 6) is 0.0282. The van der Waals surface area contributed by atoms with Gasteiger partial charge in [-0.1, -0.05) is 6.07 Å². The Morgan fingerprint density at radius 3 is 2.45 bits per heavy atom. The molecular weight excluding hydrogens is 297 g/mol. The summed E-state index contributed by atoms with van der Waals surface area (Å²) in [6.45, 7) is 0.390. The lowest BCUT2D eigenvalue weighted by Crippen LogP contribution is -2.16. The Morgan fingerprint density at radius 1 is 1.09 bits per heavy atom. The minimum absolute atomic E-state index is 0.294. The number of halogens is 3. The lowest BCUT2D eigenvalue weighted by atomic mass is 10.2. The lowest BCUT2D eigenvalue weighted by Gasteiger charge is -2.08. The lowest BCUT2D eigenvalue weighted by molar-refractivity contribution is -0.274. The second-order valence-electron chi connectivity index (χ2n) is 4.60. The van der Waals surface area contributed by atoms with Crippen LogP contribution in [0.1, 0.15) is 5.56 Å². The van der Waals surface area contributed by atoms with Gasteiger partial charge in [0.1, 0.15) is 11.3 Å². The van der Waals surface area contributed by atoms with Gasteiger partial charge in [0, 0.05) is 12.1 Å². The molecule has 0 aliphatic heterocycles. The highest BCUT2D eigenvalue weighted by Gasteiger charge is 2.31. The monoisotopic (exact) mass is 308 g/mol. The van der Waals surface area contributed by atoms with Crippen molar-refractivity contribution in [2.45, 2.75) is 12.9 Å². The zero-order valence-electron chi connectivity index (χ0n) is 11.2. The van der Waals surface area contributed by atoms with E-state index in [2.05, 4.69) is 9.72 Å². The molecule has 0 saturated carbocycles. The van der Waals surface area contributed by atoms with E-state index in [1.807, 2.05) is 12.1 Å². The molecule has 0 bridgehead atoms. The van der Waals surface area contributed by atoms with Crippen LogP contribution >= 0.6 is 0 Å². The SMILES string of the molecule is NCc1ccc2oc(-c3ccc(OC(F)(F)F)cc3)nc2c1. The van der Waals surface area contributed by atoms with Crippen LogP contribution in [0.5, 0.6) is 5.75 Å². The maximum absolute atomic E-state index is 12.1.